The van der Waals surface area contributed by atoms with Crippen molar-refractivity contribution in [1.82, 2.24) is 25.5 Å². The summed E-state index contributed by atoms with van der Waals surface area (Å²) in [6, 6.07) is 69.9. The van der Waals surface area contributed by atoms with Crippen LogP contribution in [0, 0.1) is 47.3 Å². The number of nitrogens with two attached hydrogens (primary N) is 1. The molecule has 140 heavy (non-hydrogen) atoms. The zero-order valence-corrected chi connectivity index (χ0v) is 82.1. The molecule has 17 rings (SSSR count). The van der Waals surface area contributed by atoms with Gasteiger partial charge < -0.3 is 61.3 Å². The largest absolute Gasteiger partial charge is 0.481 e. The number of nitrogens with zero attached hydrogens (tertiary/aromatic N) is 10. The number of ether oxygens (including phenoxy) is 1. The second kappa shape index (κ2) is 51.9. The molecule has 0 radical (unpaired) electrons. The van der Waals surface area contributed by atoms with Crippen molar-refractivity contribution in [1.29, 1.82) is 0 Å². The van der Waals surface area contributed by atoms with E-state index in [4.69, 9.17) is 42.8 Å². The average Bonchev–Trinajstić information content (AvgIpc) is 1.63. The van der Waals surface area contributed by atoms with Gasteiger partial charge in [0.05, 0.1) is 75.6 Å². The highest BCUT2D eigenvalue weighted by molar-refractivity contribution is 7.80. The van der Waals surface area contributed by atoms with Crippen molar-refractivity contribution < 1.29 is 58.4 Å². The minimum Gasteiger partial charge on any atom is -0.481 e. The number of aliphatic imine (C=N–C) groups is 4. The predicted octanol–water partition coefficient (Wildman–Crippen LogP) is 18.3. The SMILES string of the molecule is C.CCCCC[C@@H](CC1CC1)C(=O)N[C@H]1N=C(c2ccccc2)c2ccccc2N(C)C1=O.CCCC[C@H](O)[C@@H](CC1CC1)C(=O)N[C@H]1N=C(c2ccccc2)c2ccccc2N(C)C1=O.CCCC[C@H](O)[C@@H](CC1CC1)C(=O)O.CCCC[C@H](OC(=S)n1ccnc1)[C@@H](CC1CC1)C(=O)N[C@H]1N=C(c2ccccc2)c2ccccc2N(C)C1=O.CN1C(=O)[C@@H](N)N=C(c2ccccc2)c2ccccc21. The van der Waals surface area contributed by atoms with Gasteiger partial charge in [-0.05, 0) is 112 Å². The molecule has 26 nitrogen and oxygen atoms in total. The molecule has 5 heterocycles. The van der Waals surface area contributed by atoms with E-state index in [-0.39, 0.29) is 59.9 Å². The summed E-state index contributed by atoms with van der Waals surface area (Å²) in [6.45, 7) is 8.40. The Hall–Kier alpha value is -12.8. The Balaban J connectivity index is 0.000000162. The smallest absolute Gasteiger partial charge is 0.309 e. The van der Waals surface area contributed by atoms with Gasteiger partial charge in [0.15, 0.2) is 6.17 Å². The van der Waals surface area contributed by atoms with Crippen molar-refractivity contribution in [3.63, 3.8) is 0 Å². The number of para-hydroxylation sites is 4. The number of nitrogens with one attached hydrogen (secondary N) is 3. The summed E-state index contributed by atoms with van der Waals surface area (Å²) in [7, 11) is 6.92. The number of carbonyl (C=O) groups excluding carboxylic acids is 7. The summed E-state index contributed by atoms with van der Waals surface area (Å²) in [6.07, 6.45) is 22.9. The normalized spacial score (nSPS) is 18.9. The molecule has 4 aliphatic carbocycles. The summed E-state index contributed by atoms with van der Waals surface area (Å²) >= 11 is 5.55. The lowest BCUT2D eigenvalue weighted by molar-refractivity contribution is -0.146. The molecule has 4 aliphatic heterocycles. The molecule has 11 atom stereocenters. The van der Waals surface area contributed by atoms with Crippen LogP contribution >= 0.6 is 12.2 Å². The van der Waals surface area contributed by atoms with Gasteiger partial charge in [0, 0.05) is 91.0 Å². The van der Waals surface area contributed by atoms with Crippen LogP contribution in [-0.4, -0.2) is 171 Å². The van der Waals surface area contributed by atoms with Gasteiger partial charge in [-0.1, -0.05) is 338 Å². The molecule has 8 aliphatic rings. The first-order valence-corrected chi connectivity index (χ1v) is 50.2. The first kappa shape index (κ1) is 106. The number of benzodiazepines with no additional fused rings is 4. The highest BCUT2D eigenvalue weighted by Gasteiger charge is 2.43. The van der Waals surface area contributed by atoms with Crippen molar-refractivity contribution in [2.75, 3.05) is 47.8 Å². The summed E-state index contributed by atoms with van der Waals surface area (Å²) in [5, 5.41) is 38.6. The number of aliphatic carboxylic acids is 1. The minimum absolute atomic E-state index is 0. The number of likely N-dealkylation sites (N-methyl/N-ethyl adjacent to an activating group) is 4. The fourth-order valence-corrected chi connectivity index (χ4v) is 18.4. The number of aliphatic hydroxyl groups is 2. The van der Waals surface area contributed by atoms with Crippen molar-refractivity contribution in [3.05, 3.63) is 282 Å². The number of unbranched alkanes of at least 4 members (excludes halogenated alkanes) is 5. The second-order valence-electron chi connectivity index (χ2n) is 37.7. The van der Waals surface area contributed by atoms with Crippen molar-refractivity contribution in [3.8, 4) is 0 Å². The number of benzene rings is 8. The molecule has 4 saturated carbocycles. The average molecular weight is 1920 g/mol. The van der Waals surface area contributed by atoms with Crippen LogP contribution in [-0.2, 0) is 43.1 Å². The van der Waals surface area contributed by atoms with Gasteiger partial charge in [-0.25, -0.2) is 20.0 Å². The van der Waals surface area contributed by atoms with Crippen LogP contribution in [0.5, 0.6) is 0 Å². The van der Waals surface area contributed by atoms with Crippen molar-refractivity contribution in [2.24, 2.45) is 73.0 Å². The molecular weight excluding hydrogens is 1780 g/mol. The molecule has 0 bridgehead atoms. The molecule has 8 N–H and O–H groups in total. The zero-order valence-electron chi connectivity index (χ0n) is 81.3. The van der Waals surface area contributed by atoms with E-state index >= 15 is 0 Å². The number of aliphatic hydroxyl groups excluding tert-OH is 2. The Morgan fingerprint density at radius 3 is 1.07 bits per heavy atom. The molecule has 7 amide bonds. The molecule has 0 unspecified atom stereocenters. The van der Waals surface area contributed by atoms with Crippen LogP contribution in [0.15, 0.2) is 257 Å². The molecule has 0 spiro atoms. The molecule has 9 aromatic rings. The highest BCUT2D eigenvalue weighted by Crippen LogP contribution is 2.42. The lowest BCUT2D eigenvalue weighted by Crippen LogP contribution is -2.50. The van der Waals surface area contributed by atoms with E-state index in [1.807, 2.05) is 225 Å². The lowest BCUT2D eigenvalue weighted by Gasteiger charge is -2.29. The van der Waals surface area contributed by atoms with E-state index in [1.54, 1.807) is 71.1 Å². The molecule has 8 aromatic carbocycles. The van der Waals surface area contributed by atoms with Crippen LogP contribution in [0.2, 0.25) is 0 Å². The molecule has 4 fully saturated rings. The van der Waals surface area contributed by atoms with Gasteiger partial charge in [0.1, 0.15) is 12.4 Å². The Morgan fingerprint density at radius 1 is 0.400 bits per heavy atom. The van der Waals surface area contributed by atoms with Gasteiger partial charge in [-0.2, -0.15) is 0 Å². The van der Waals surface area contributed by atoms with Gasteiger partial charge in [-0.15, -0.1) is 0 Å². The maximum Gasteiger partial charge on any atom is 0.309 e. The van der Waals surface area contributed by atoms with Crippen LogP contribution in [0.3, 0.4) is 0 Å². The Bertz CT molecular complexity index is 5770. The van der Waals surface area contributed by atoms with Gasteiger partial charge in [0.25, 0.3) is 28.8 Å². The number of fused-ring (bicyclic) bond motifs is 4. The van der Waals surface area contributed by atoms with E-state index in [2.05, 4.69) is 46.7 Å². The third-order valence-corrected chi connectivity index (χ3v) is 27.3. The first-order valence-electron chi connectivity index (χ1n) is 49.8. The number of hydrogen-bond donors (Lipinski definition) is 7. The third-order valence-electron chi connectivity index (χ3n) is 27.0. The summed E-state index contributed by atoms with van der Waals surface area (Å²) in [5.74, 6) is -1.82. The maximum atomic E-state index is 14.0. The number of imidazole rings is 1. The number of carbonyl (C=O) groups is 8. The van der Waals surface area contributed by atoms with Gasteiger partial charge >= 0.3 is 5.97 Å². The fraction of sp³-hybridized carbons (Fsp3) is 0.434. The first-order chi connectivity index (χ1) is 67.4. The molecule has 740 valence electrons. The molecule has 0 saturated heterocycles. The fourth-order valence-electron chi connectivity index (χ4n) is 18.2. The minimum atomic E-state index is -1.07. The number of hydrogen-bond acceptors (Lipinski definition) is 18. The number of rotatable bonds is 36. The van der Waals surface area contributed by atoms with E-state index < -0.39 is 66.7 Å². The van der Waals surface area contributed by atoms with Gasteiger partial charge in [-0.3, -0.25) is 47.9 Å². The zero-order chi connectivity index (χ0) is 98.6. The third kappa shape index (κ3) is 28.7. The van der Waals surface area contributed by atoms with Crippen molar-refractivity contribution in [2.45, 2.75) is 239 Å². The Labute approximate surface area is 830 Å². The number of aromatic nitrogens is 2. The topological polar surface area (TPSA) is 349 Å². The number of amides is 7. The van der Waals surface area contributed by atoms with Gasteiger partial charge in [0.2, 0.25) is 36.2 Å². The van der Waals surface area contributed by atoms with Crippen LogP contribution < -0.4 is 41.3 Å². The number of anilines is 4. The van der Waals surface area contributed by atoms with E-state index in [0.29, 0.717) is 73.6 Å². The van der Waals surface area contributed by atoms with E-state index in [9.17, 15) is 48.6 Å². The molecule has 1 aromatic heterocycles. The van der Waals surface area contributed by atoms with E-state index in [0.717, 1.165) is 188 Å². The van der Waals surface area contributed by atoms with Crippen LogP contribution in [0.1, 0.15) is 240 Å². The molecule has 27 heteroatoms. The maximum absolute atomic E-state index is 14.0. The highest BCUT2D eigenvalue weighted by atomic mass is 32.1. The predicted molar refractivity (Wildman–Crippen MR) is 559 cm³/mol. The monoisotopic (exact) mass is 1920 g/mol. The Morgan fingerprint density at radius 2 is 0.714 bits per heavy atom. The molecular formula is C113H140N14O12S. The summed E-state index contributed by atoms with van der Waals surface area (Å²) in [5.41, 5.74) is 19.0. The van der Waals surface area contributed by atoms with Crippen molar-refractivity contribution >= 4 is 110 Å². The number of carboxylic acid groups (broad SMARTS) is 1. The summed E-state index contributed by atoms with van der Waals surface area (Å²) in [4.78, 5) is 133. The number of carboxylic acids is 1. The van der Waals surface area contributed by atoms with E-state index in [1.165, 1.54) is 12.8 Å². The standard InChI is InChI=1S/C31H35N5O3S.C27H33N3O3.C27H33N3O2.C16H15N3O.C11H20O3.CH4/c1-3-4-14-26(39-31(40)36-18-17-32-20-36)24(19-21-15-16-21)29(37)34-28-30(38)35(2)25-13-9-8-12-23(25)27(33-28)22-10-6-5-7-11-22;1-3-4-14-23(31)21(17-18-15-16-18)26(32)29-25-27(33)30(2)22-13-9-8-12-20(22)24(28-25)19-10-6-5-7-11-19;1-3-4-6-13-21(18-19-16-17-19)26(31)29-25-27(32)30(2)23-15-10-9-14-22(23)24(28-25)20-11-7-5-8-12-20;1-19-13-10-6-5-9-12(13)14(18-15(17)16(19)20)11-7-3-2-4-8-11;1-2-3-4-10(12)9(11(13)14)7-8-5-6-8;/h5-13,17-18,20-21,24,26,28H,3-4,14-16,19H2,1-2H3,(H,34,37);5-13,18,21,23,25,31H,3-4,14-17H2,1-2H3,(H,29,32);5,7-12,14-15,19,21,25H,3-4,6,13,16-18H2,1-2H3,(H,29,31);2-10,15H,17H2,1H3;8-10,12H,2-7H2,1H3,(H,13,14);1H4/t24-,26+,28-;21-,23+,25-;21-,25+;15-;9-,10+;/m11001./s1. The lowest BCUT2D eigenvalue weighted by atomic mass is 9.91. The quantitative estimate of drug-likeness (QED) is 0.0142. The van der Waals surface area contributed by atoms with Crippen LogP contribution in [0.4, 0.5) is 22.7 Å². The second-order valence-corrected chi connectivity index (χ2v) is 38.1. The number of thiocarbonyl (C=S) groups is 1. The summed E-state index contributed by atoms with van der Waals surface area (Å²) < 4.78 is 7.91. The Kier molecular flexibility index (Phi) is 39.3. The van der Waals surface area contributed by atoms with Crippen LogP contribution in [0.25, 0.3) is 0 Å².